The molecule has 0 aromatic rings. The molecule has 0 amide bonds. The molecule has 0 heterocycles. The Morgan fingerprint density at radius 1 is 0.413 bits per heavy atom. The van der Waals surface area contributed by atoms with Crippen LogP contribution < -0.4 is 5.73 Å². The zero-order chi connectivity index (χ0) is 54.5. The summed E-state index contributed by atoms with van der Waals surface area (Å²) in [7, 11) is -4.39. The quantitative estimate of drug-likeness (QED) is 0.0264. The van der Waals surface area contributed by atoms with Gasteiger partial charge < -0.3 is 20.1 Å². The van der Waals surface area contributed by atoms with Crippen molar-refractivity contribution >= 4 is 19.8 Å². The van der Waals surface area contributed by atoms with Gasteiger partial charge in [-0.3, -0.25) is 18.6 Å². The number of carbonyl (C=O) groups is 2. The van der Waals surface area contributed by atoms with Gasteiger partial charge in [0.15, 0.2) is 6.10 Å². The predicted octanol–water partition coefficient (Wildman–Crippen LogP) is 20.5. The Bertz CT molecular complexity index is 1370. The van der Waals surface area contributed by atoms with E-state index in [1.54, 1.807) is 0 Å². The van der Waals surface area contributed by atoms with Crippen LogP contribution in [0.25, 0.3) is 0 Å². The van der Waals surface area contributed by atoms with Crippen molar-refractivity contribution in [2.45, 2.75) is 328 Å². The van der Waals surface area contributed by atoms with Crippen molar-refractivity contribution in [2.75, 3.05) is 26.4 Å². The Hall–Kier alpha value is -2.03. The van der Waals surface area contributed by atoms with Crippen molar-refractivity contribution < 1.29 is 37.6 Å². The minimum absolute atomic E-state index is 0.0560. The molecule has 0 aliphatic heterocycles. The van der Waals surface area contributed by atoms with E-state index in [0.29, 0.717) is 6.42 Å². The van der Waals surface area contributed by atoms with Crippen LogP contribution in [0.1, 0.15) is 322 Å². The molecule has 0 aliphatic rings. The lowest BCUT2D eigenvalue weighted by atomic mass is 10.0. The van der Waals surface area contributed by atoms with Crippen molar-refractivity contribution in [2.24, 2.45) is 5.73 Å². The summed E-state index contributed by atoms with van der Waals surface area (Å²) in [6.07, 6.45) is 76.2. The van der Waals surface area contributed by atoms with E-state index in [0.717, 1.165) is 57.8 Å². The lowest BCUT2D eigenvalue weighted by Crippen LogP contribution is -2.29. The number of phosphoric acid groups is 1. The number of hydrogen-bond donors (Lipinski definition) is 2. The Morgan fingerprint density at radius 2 is 0.733 bits per heavy atom. The van der Waals surface area contributed by atoms with E-state index in [9.17, 15) is 19.0 Å². The largest absolute Gasteiger partial charge is 0.472 e. The van der Waals surface area contributed by atoms with Gasteiger partial charge >= 0.3 is 19.8 Å². The van der Waals surface area contributed by atoms with Crippen LogP contribution in [0.2, 0.25) is 0 Å². The molecule has 0 radical (unpaired) electrons. The fourth-order valence-electron chi connectivity index (χ4n) is 9.51. The van der Waals surface area contributed by atoms with Crippen LogP contribution in [-0.4, -0.2) is 49.3 Å². The zero-order valence-corrected chi connectivity index (χ0v) is 50.2. The highest BCUT2D eigenvalue weighted by molar-refractivity contribution is 7.47. The maximum absolute atomic E-state index is 12.7. The highest BCUT2D eigenvalue weighted by Crippen LogP contribution is 2.43. The minimum atomic E-state index is -4.39. The molecule has 75 heavy (non-hydrogen) atoms. The van der Waals surface area contributed by atoms with Crippen molar-refractivity contribution in [1.29, 1.82) is 0 Å². The van der Waals surface area contributed by atoms with E-state index in [1.165, 1.54) is 231 Å². The number of unbranched alkanes of at least 4 members (excludes halogenated alkanes) is 40. The molecule has 0 rings (SSSR count). The van der Waals surface area contributed by atoms with Crippen LogP contribution in [0.5, 0.6) is 0 Å². The molecule has 0 bridgehead atoms. The molecular formula is C65H122NO8P. The Morgan fingerprint density at radius 3 is 1.09 bits per heavy atom. The van der Waals surface area contributed by atoms with E-state index < -0.39 is 26.5 Å². The van der Waals surface area contributed by atoms with Crippen molar-refractivity contribution in [1.82, 2.24) is 0 Å². The second kappa shape index (κ2) is 61.2. The van der Waals surface area contributed by atoms with Crippen LogP contribution >= 0.6 is 7.82 Å². The summed E-state index contributed by atoms with van der Waals surface area (Å²) < 4.78 is 33.1. The number of esters is 2. The summed E-state index contributed by atoms with van der Waals surface area (Å²) in [5, 5.41) is 0. The average molecular weight is 1080 g/mol. The molecule has 0 saturated carbocycles. The van der Waals surface area contributed by atoms with E-state index in [-0.39, 0.29) is 38.6 Å². The average Bonchev–Trinajstić information content (AvgIpc) is 3.40. The maximum atomic E-state index is 12.7. The molecule has 0 aromatic heterocycles. The number of phosphoric ester groups is 1. The SMILES string of the molecule is CC/C=C\C/C=C\C/C=C\C/C=C\CCCCCCCCCCCCCCCCCCCCCCCCC(=O)OC(COC(=O)CCCCCCCCCCCCCCCCCCCCC)COP(=O)(O)OCCN. The van der Waals surface area contributed by atoms with Gasteiger partial charge in [0.25, 0.3) is 0 Å². The van der Waals surface area contributed by atoms with Gasteiger partial charge in [-0.15, -0.1) is 0 Å². The Kier molecular flexibility index (Phi) is 59.5. The summed E-state index contributed by atoms with van der Waals surface area (Å²) in [4.78, 5) is 35.2. The van der Waals surface area contributed by atoms with Gasteiger partial charge in [-0.05, 0) is 51.4 Å². The first-order valence-corrected chi connectivity index (χ1v) is 33.6. The summed E-state index contributed by atoms with van der Waals surface area (Å²) in [6.45, 7) is 3.69. The molecule has 440 valence electrons. The molecule has 0 aromatic carbocycles. The number of allylic oxidation sites excluding steroid dienone is 8. The molecule has 2 atom stereocenters. The molecule has 3 N–H and O–H groups in total. The van der Waals surface area contributed by atoms with Crippen LogP contribution in [0.3, 0.4) is 0 Å². The lowest BCUT2D eigenvalue weighted by molar-refractivity contribution is -0.161. The first-order valence-electron chi connectivity index (χ1n) is 32.1. The number of ether oxygens (including phenoxy) is 2. The molecule has 2 unspecified atom stereocenters. The van der Waals surface area contributed by atoms with Gasteiger partial charge in [-0.25, -0.2) is 4.57 Å². The number of nitrogens with two attached hydrogens (primary N) is 1. The van der Waals surface area contributed by atoms with Crippen molar-refractivity contribution in [3.05, 3.63) is 48.6 Å². The van der Waals surface area contributed by atoms with Gasteiger partial charge in [-0.2, -0.15) is 0 Å². The van der Waals surface area contributed by atoms with Crippen LogP contribution in [0.15, 0.2) is 48.6 Å². The van der Waals surface area contributed by atoms with Gasteiger partial charge in [-0.1, -0.05) is 306 Å². The van der Waals surface area contributed by atoms with Gasteiger partial charge in [0.2, 0.25) is 0 Å². The predicted molar refractivity (Wildman–Crippen MR) is 321 cm³/mol. The molecule has 0 saturated heterocycles. The van der Waals surface area contributed by atoms with E-state index in [4.69, 9.17) is 24.3 Å². The normalized spacial score (nSPS) is 13.3. The van der Waals surface area contributed by atoms with Gasteiger partial charge in [0.05, 0.1) is 13.2 Å². The first-order chi connectivity index (χ1) is 36.8. The fourth-order valence-corrected chi connectivity index (χ4v) is 10.3. The van der Waals surface area contributed by atoms with Crippen LogP contribution in [0.4, 0.5) is 0 Å². The molecule has 0 aliphatic carbocycles. The molecule has 0 spiro atoms. The fraction of sp³-hybridized carbons (Fsp3) is 0.846. The monoisotopic (exact) mass is 1080 g/mol. The number of rotatable bonds is 61. The molecule has 0 fully saturated rings. The van der Waals surface area contributed by atoms with E-state index in [2.05, 4.69) is 62.5 Å². The second-order valence-electron chi connectivity index (χ2n) is 21.6. The topological polar surface area (TPSA) is 134 Å². The van der Waals surface area contributed by atoms with E-state index in [1.807, 2.05) is 0 Å². The second-order valence-corrected chi connectivity index (χ2v) is 23.1. The third kappa shape index (κ3) is 61.1. The highest BCUT2D eigenvalue weighted by atomic mass is 31.2. The van der Waals surface area contributed by atoms with Gasteiger partial charge in [0, 0.05) is 19.4 Å². The molecule has 10 heteroatoms. The Balaban J connectivity index is 3.82. The van der Waals surface area contributed by atoms with Crippen LogP contribution in [0, 0.1) is 0 Å². The first kappa shape index (κ1) is 73.0. The van der Waals surface area contributed by atoms with E-state index >= 15 is 0 Å². The minimum Gasteiger partial charge on any atom is -0.462 e. The smallest absolute Gasteiger partial charge is 0.462 e. The zero-order valence-electron chi connectivity index (χ0n) is 49.3. The third-order valence-electron chi connectivity index (χ3n) is 14.2. The maximum Gasteiger partial charge on any atom is 0.472 e. The van der Waals surface area contributed by atoms with Crippen molar-refractivity contribution in [3.8, 4) is 0 Å². The summed E-state index contributed by atoms with van der Waals surface area (Å²) in [5.74, 6) is -0.807. The number of carbonyl (C=O) groups excluding carboxylic acids is 2. The highest BCUT2D eigenvalue weighted by Gasteiger charge is 2.26. The Labute approximate surface area is 464 Å². The summed E-state index contributed by atoms with van der Waals surface area (Å²) in [6, 6.07) is 0. The summed E-state index contributed by atoms with van der Waals surface area (Å²) >= 11 is 0. The summed E-state index contributed by atoms with van der Waals surface area (Å²) in [5.41, 5.74) is 5.39. The third-order valence-corrected chi connectivity index (χ3v) is 15.2. The van der Waals surface area contributed by atoms with Gasteiger partial charge in [0.1, 0.15) is 6.61 Å². The number of hydrogen-bond acceptors (Lipinski definition) is 8. The molecular weight excluding hydrogens is 954 g/mol. The molecule has 9 nitrogen and oxygen atoms in total. The lowest BCUT2D eigenvalue weighted by Gasteiger charge is -2.19. The van der Waals surface area contributed by atoms with Crippen molar-refractivity contribution in [3.63, 3.8) is 0 Å². The standard InChI is InChI=1S/C65H122NO8P/c1-3-5-7-9-11-13-15-17-19-21-23-24-25-26-27-28-29-30-31-32-33-34-35-36-37-38-40-42-44-46-48-50-52-54-56-58-65(68)74-63(62-73-75(69,70)72-60-59-66)61-71-64(67)57-55-53-51-49-47-45-43-41-39-22-20-18-16-14-12-10-8-6-4-2/h5,7,11,13,17,19,23-24,63H,3-4,6,8-10,12,14-16,18,20-22,25-62,66H2,1-2H3,(H,69,70)/b7-5-,13-11-,19-17-,24-23-. The van der Waals surface area contributed by atoms with Crippen LogP contribution in [-0.2, 0) is 32.7 Å².